The van der Waals surface area contributed by atoms with Crippen LogP contribution in [0.25, 0.3) is 0 Å². The summed E-state index contributed by atoms with van der Waals surface area (Å²) < 4.78 is 1.08. The number of anilines is 1. The first kappa shape index (κ1) is 18.3. The maximum absolute atomic E-state index is 12.7. The molecule has 2 aromatic carbocycles. The molecule has 0 spiro atoms. The monoisotopic (exact) mass is 418 g/mol. The maximum Gasteiger partial charge on any atom is 0.235 e. The fraction of sp³-hybridized carbons (Fsp3) is 0.350. The van der Waals surface area contributed by atoms with Crippen molar-refractivity contribution >= 4 is 39.3 Å². The number of piperazine rings is 1. The minimum absolute atomic E-state index is 0.00748. The number of benzene rings is 2. The maximum atomic E-state index is 12.7. The third-order valence-corrected chi connectivity index (χ3v) is 6.20. The predicted octanol–water partition coefficient (Wildman–Crippen LogP) is 4.42. The van der Waals surface area contributed by atoms with E-state index >= 15 is 0 Å². The summed E-state index contributed by atoms with van der Waals surface area (Å²) >= 11 is 5.17. The van der Waals surface area contributed by atoms with Gasteiger partial charge in [0.15, 0.2) is 0 Å². The number of thioether (sulfide) groups is 1. The molecule has 0 radical (unpaired) electrons. The zero-order valence-electron chi connectivity index (χ0n) is 14.4. The molecule has 5 heteroatoms. The van der Waals surface area contributed by atoms with Gasteiger partial charge >= 0.3 is 0 Å². The van der Waals surface area contributed by atoms with Crippen molar-refractivity contribution in [2.75, 3.05) is 31.1 Å². The molecule has 3 rings (SSSR count). The van der Waals surface area contributed by atoms with Crippen LogP contribution in [0.1, 0.15) is 12.5 Å². The molecule has 1 fully saturated rings. The molecule has 0 aliphatic carbocycles. The van der Waals surface area contributed by atoms with Gasteiger partial charge < -0.3 is 9.80 Å². The molecular weight excluding hydrogens is 396 g/mol. The molecule has 1 unspecified atom stereocenters. The topological polar surface area (TPSA) is 23.6 Å². The Hall–Kier alpha value is -1.46. The lowest BCUT2D eigenvalue weighted by Gasteiger charge is -2.37. The van der Waals surface area contributed by atoms with Crippen LogP contribution in [-0.2, 0) is 10.5 Å². The third-order valence-electron chi connectivity index (χ3n) is 4.47. The van der Waals surface area contributed by atoms with Crippen molar-refractivity contribution in [1.82, 2.24) is 4.90 Å². The highest BCUT2D eigenvalue weighted by molar-refractivity contribution is 9.10. The summed E-state index contributed by atoms with van der Waals surface area (Å²) in [6, 6.07) is 18.7. The third kappa shape index (κ3) is 5.02. The average Bonchev–Trinajstić information content (AvgIpc) is 2.67. The van der Waals surface area contributed by atoms with Crippen molar-refractivity contribution in [3.05, 3.63) is 64.6 Å². The van der Waals surface area contributed by atoms with Crippen LogP contribution in [0.3, 0.4) is 0 Å². The Morgan fingerprint density at radius 1 is 1.04 bits per heavy atom. The van der Waals surface area contributed by atoms with Gasteiger partial charge in [-0.3, -0.25) is 4.79 Å². The Labute approximate surface area is 162 Å². The van der Waals surface area contributed by atoms with Gasteiger partial charge in [0.25, 0.3) is 0 Å². The number of hydrogen-bond acceptors (Lipinski definition) is 3. The normalized spacial score (nSPS) is 15.9. The Balaban J connectivity index is 1.47. The Morgan fingerprint density at radius 2 is 1.68 bits per heavy atom. The molecule has 0 saturated carbocycles. The Morgan fingerprint density at radius 3 is 2.32 bits per heavy atom. The van der Waals surface area contributed by atoms with E-state index in [-0.39, 0.29) is 11.2 Å². The fourth-order valence-corrected chi connectivity index (χ4v) is 4.14. The van der Waals surface area contributed by atoms with Crippen LogP contribution >= 0.6 is 27.7 Å². The zero-order valence-corrected chi connectivity index (χ0v) is 16.8. The highest BCUT2D eigenvalue weighted by Gasteiger charge is 2.25. The number of carbonyl (C=O) groups is 1. The minimum atomic E-state index is -0.00748. The second-order valence-corrected chi connectivity index (χ2v) is 8.47. The number of hydrogen-bond donors (Lipinski definition) is 0. The number of rotatable bonds is 5. The smallest absolute Gasteiger partial charge is 0.235 e. The number of carbonyl (C=O) groups excluding carboxylic acids is 1. The average molecular weight is 419 g/mol. The molecule has 2 aromatic rings. The van der Waals surface area contributed by atoms with Crippen molar-refractivity contribution in [3.63, 3.8) is 0 Å². The molecule has 0 bridgehead atoms. The van der Waals surface area contributed by atoms with Gasteiger partial charge in [0, 0.05) is 42.1 Å². The number of nitrogens with zero attached hydrogens (tertiary/aromatic N) is 2. The molecular formula is C20H23BrN2OS. The van der Waals surface area contributed by atoms with Crippen LogP contribution in [-0.4, -0.2) is 42.2 Å². The Kier molecular flexibility index (Phi) is 6.43. The van der Waals surface area contributed by atoms with Crippen molar-refractivity contribution < 1.29 is 4.79 Å². The first-order valence-corrected chi connectivity index (χ1v) is 10.4. The van der Waals surface area contributed by atoms with E-state index in [0.717, 1.165) is 36.4 Å². The second-order valence-electron chi connectivity index (χ2n) is 6.23. The largest absolute Gasteiger partial charge is 0.368 e. The molecule has 25 heavy (non-hydrogen) atoms. The fourth-order valence-electron chi connectivity index (χ4n) is 2.95. The van der Waals surface area contributed by atoms with Gasteiger partial charge in [-0.25, -0.2) is 0 Å². The quantitative estimate of drug-likeness (QED) is 0.717. The van der Waals surface area contributed by atoms with Crippen LogP contribution in [0.15, 0.2) is 59.1 Å². The van der Waals surface area contributed by atoms with E-state index in [4.69, 9.17) is 0 Å². The van der Waals surface area contributed by atoms with Crippen LogP contribution < -0.4 is 4.90 Å². The molecule has 0 N–H and O–H groups in total. The van der Waals surface area contributed by atoms with Crippen LogP contribution in [0.5, 0.6) is 0 Å². The predicted molar refractivity (Wildman–Crippen MR) is 110 cm³/mol. The number of halogens is 1. The van der Waals surface area contributed by atoms with Crippen LogP contribution in [0, 0.1) is 0 Å². The minimum Gasteiger partial charge on any atom is -0.368 e. The van der Waals surface area contributed by atoms with E-state index in [9.17, 15) is 4.79 Å². The summed E-state index contributed by atoms with van der Waals surface area (Å²) in [7, 11) is 0. The summed E-state index contributed by atoms with van der Waals surface area (Å²) in [5.74, 6) is 1.12. The molecule has 0 aromatic heterocycles. The van der Waals surface area contributed by atoms with Gasteiger partial charge in [-0.1, -0.05) is 46.3 Å². The zero-order chi connectivity index (χ0) is 17.6. The molecule has 1 atom stereocenters. The standard InChI is InChI=1S/C20H23BrN2OS/c1-16(25-15-17-7-9-18(21)10-8-17)20(24)23-13-11-22(12-14-23)19-5-3-2-4-6-19/h2-10,16H,11-15H2,1H3. The number of amides is 1. The lowest BCUT2D eigenvalue weighted by Crippen LogP contribution is -2.50. The highest BCUT2D eigenvalue weighted by atomic mass is 79.9. The summed E-state index contributed by atoms with van der Waals surface area (Å²) in [4.78, 5) is 17.1. The van der Waals surface area contributed by atoms with Gasteiger partial charge in [-0.2, -0.15) is 0 Å². The van der Waals surface area contributed by atoms with Gasteiger partial charge in [0.2, 0.25) is 5.91 Å². The molecule has 1 amide bonds. The van der Waals surface area contributed by atoms with Crippen molar-refractivity contribution in [2.45, 2.75) is 17.9 Å². The summed E-state index contributed by atoms with van der Waals surface area (Å²) in [5.41, 5.74) is 2.49. The number of para-hydroxylation sites is 1. The van der Waals surface area contributed by atoms with Crippen LogP contribution in [0.2, 0.25) is 0 Å². The molecule has 1 saturated heterocycles. The van der Waals surface area contributed by atoms with Crippen molar-refractivity contribution in [1.29, 1.82) is 0 Å². The van der Waals surface area contributed by atoms with Crippen molar-refractivity contribution in [3.8, 4) is 0 Å². The molecule has 1 aliphatic rings. The first-order chi connectivity index (χ1) is 12.1. The van der Waals surface area contributed by atoms with E-state index < -0.39 is 0 Å². The highest BCUT2D eigenvalue weighted by Crippen LogP contribution is 2.22. The SMILES string of the molecule is CC(SCc1ccc(Br)cc1)C(=O)N1CCN(c2ccccc2)CC1. The molecule has 132 valence electrons. The molecule has 1 aliphatic heterocycles. The van der Waals surface area contributed by atoms with E-state index in [1.165, 1.54) is 11.3 Å². The summed E-state index contributed by atoms with van der Waals surface area (Å²) in [6.45, 7) is 5.43. The van der Waals surface area contributed by atoms with Gasteiger partial charge in [0.05, 0.1) is 5.25 Å². The summed E-state index contributed by atoms with van der Waals surface area (Å²) in [5, 5.41) is -0.00748. The van der Waals surface area contributed by atoms with E-state index in [2.05, 4.69) is 57.2 Å². The Bertz CT molecular complexity index is 685. The summed E-state index contributed by atoms with van der Waals surface area (Å²) in [6.07, 6.45) is 0. The van der Waals surface area contributed by atoms with Gasteiger partial charge in [-0.05, 0) is 36.8 Å². The molecule has 1 heterocycles. The molecule has 3 nitrogen and oxygen atoms in total. The van der Waals surface area contributed by atoms with Gasteiger partial charge in [0.1, 0.15) is 0 Å². The van der Waals surface area contributed by atoms with Gasteiger partial charge in [-0.15, -0.1) is 11.8 Å². The lowest BCUT2D eigenvalue weighted by atomic mass is 10.2. The second kappa shape index (κ2) is 8.77. The van der Waals surface area contributed by atoms with E-state index in [1.807, 2.05) is 30.0 Å². The van der Waals surface area contributed by atoms with Crippen molar-refractivity contribution in [2.24, 2.45) is 0 Å². The first-order valence-electron chi connectivity index (χ1n) is 8.58. The van der Waals surface area contributed by atoms with Crippen LogP contribution in [0.4, 0.5) is 5.69 Å². The lowest BCUT2D eigenvalue weighted by molar-refractivity contribution is -0.130. The van der Waals surface area contributed by atoms with E-state index in [0.29, 0.717) is 0 Å². The van der Waals surface area contributed by atoms with E-state index in [1.54, 1.807) is 11.8 Å².